The van der Waals surface area contributed by atoms with E-state index in [-0.39, 0.29) is 46.0 Å². The number of fused-ring (bicyclic) bond motifs is 2. The Morgan fingerprint density at radius 3 is 2.16 bits per heavy atom. The Kier molecular flexibility index (Phi) is 10.4. The first-order chi connectivity index (χ1) is 26.6. The Morgan fingerprint density at radius 1 is 0.857 bits per heavy atom. The van der Waals surface area contributed by atoms with E-state index in [0.717, 1.165) is 88.2 Å². The number of aliphatic hydroxyl groups is 5. The Morgan fingerprint density at radius 2 is 1.48 bits per heavy atom. The number of aliphatic hydroxyl groups excluding tert-OH is 5. The van der Waals surface area contributed by atoms with Crippen molar-refractivity contribution in [2.24, 2.45) is 42.6 Å². The van der Waals surface area contributed by atoms with Crippen molar-refractivity contribution in [3.63, 3.8) is 0 Å². The van der Waals surface area contributed by atoms with Crippen molar-refractivity contribution in [2.45, 2.75) is 167 Å². The Bertz CT molecular complexity index is 1850. The van der Waals surface area contributed by atoms with Gasteiger partial charge in [0.25, 0.3) is 0 Å². The van der Waals surface area contributed by atoms with E-state index < -0.39 is 46.5 Å². The number of rotatable bonds is 3. The third kappa shape index (κ3) is 5.48. The first-order valence-electron chi connectivity index (χ1n) is 20.3. The molecule has 16 atom stereocenters. The molecule has 4 bridgehead atoms. The number of azide groups is 2. The molecule has 0 unspecified atom stereocenters. The first-order valence-corrected chi connectivity index (χ1v) is 21.6. The van der Waals surface area contributed by atoms with Gasteiger partial charge < -0.3 is 35.0 Å². The van der Waals surface area contributed by atoms with Crippen LogP contribution in [0.5, 0.6) is 0 Å². The van der Waals surface area contributed by atoms with Crippen LogP contribution in [-0.2, 0) is 9.47 Å². The van der Waals surface area contributed by atoms with Crippen molar-refractivity contribution in [1.82, 2.24) is 0 Å². The van der Waals surface area contributed by atoms with Gasteiger partial charge in [0.2, 0.25) is 0 Å². The number of ether oxygens (including phenoxy) is 2. The van der Waals surface area contributed by atoms with Crippen LogP contribution >= 0.6 is 28.7 Å². The molecule has 0 aromatic carbocycles. The summed E-state index contributed by atoms with van der Waals surface area (Å²) < 4.78 is 16.6. The molecule has 303 valence electrons. The Hall–Kier alpha value is -1.75. The van der Waals surface area contributed by atoms with Crippen LogP contribution in [0, 0.1) is 28.1 Å². The summed E-state index contributed by atoms with van der Waals surface area (Å²) in [5, 5.41) is 60.6. The van der Waals surface area contributed by atoms with Crippen molar-refractivity contribution >= 4 is 36.4 Å². The first kappa shape index (κ1) is 41.0. The van der Waals surface area contributed by atoms with Crippen LogP contribution in [0.3, 0.4) is 0 Å². The second-order valence-corrected chi connectivity index (χ2v) is 20.1. The fourth-order valence-corrected chi connectivity index (χ4v) is 15.0. The summed E-state index contributed by atoms with van der Waals surface area (Å²) in [5.74, 6) is 0.535. The van der Waals surface area contributed by atoms with Gasteiger partial charge in [-0.15, -0.1) is 0 Å². The van der Waals surface area contributed by atoms with Gasteiger partial charge in [-0.2, -0.15) is 0 Å². The van der Waals surface area contributed by atoms with Gasteiger partial charge in [0, 0.05) is 15.2 Å². The monoisotopic (exact) mass is 854 g/mol. The van der Waals surface area contributed by atoms with Gasteiger partial charge in [0.05, 0.1) is 70.3 Å². The van der Waals surface area contributed by atoms with Gasteiger partial charge in [0.15, 0.2) is 0 Å². The van der Waals surface area contributed by atoms with E-state index in [0.29, 0.717) is 18.8 Å². The standard InChI is InChI=1S/C20H28BrN3O4.C19H25N3O3.BHNS/c1-17-4-5-18(10-25)8-11-15(21)16(27)12(23-24-22)9-19(11)6-7-20(18,28-19)13(17)2-3-14(17)26;1-17-5-4-11-8-12-9-14(23)13(21-22-20)10-18(12)6-7-19(11,25-18)15(17)2-3-16(17)24;1-2-3/h8,12-16,25-27H,2-7,9-10H2,1H3;8-9,13-16,23-24H,2-7,10H2,1H3;3H/t12-,13+,14-,15-,16+,17-,18+,19+,20-;13-,14-,15+,16-,17-,18+,19+;/m00./s1. The second kappa shape index (κ2) is 14.2. The van der Waals surface area contributed by atoms with Crippen LogP contribution in [0.15, 0.2) is 49.5 Å². The molecule has 14 nitrogen and oxygen atoms in total. The molecule has 6 aliphatic carbocycles. The van der Waals surface area contributed by atoms with Crippen molar-refractivity contribution in [1.29, 1.82) is 0 Å². The average Bonchev–Trinajstić information content (AvgIpc) is 3.88. The molecule has 10 aliphatic rings. The number of hydrogen-bond donors (Lipinski definition) is 6. The fraction of sp³-hybridized carbons (Fsp3) is 0.846. The molecule has 4 heterocycles. The van der Waals surface area contributed by atoms with Crippen molar-refractivity contribution in [3.8, 4) is 0 Å². The summed E-state index contributed by atoms with van der Waals surface area (Å²) in [6, 6.07) is -1.02. The molecule has 56 heavy (non-hydrogen) atoms. The van der Waals surface area contributed by atoms with E-state index in [9.17, 15) is 25.5 Å². The molecule has 5 saturated carbocycles. The summed E-state index contributed by atoms with van der Waals surface area (Å²) >= 11 is 6.83. The molecular formula is C39H54BBrN7O7S. The van der Waals surface area contributed by atoms with Gasteiger partial charge in [-0.25, -0.2) is 0 Å². The van der Waals surface area contributed by atoms with Crippen LogP contribution in [0.2, 0.25) is 0 Å². The molecule has 0 amide bonds. The minimum absolute atomic E-state index is 0.00481. The average molecular weight is 856 g/mol. The van der Waals surface area contributed by atoms with E-state index in [4.69, 9.17) is 20.5 Å². The Labute approximate surface area is 342 Å². The predicted octanol–water partition coefficient (Wildman–Crippen LogP) is 6.31. The third-order valence-corrected chi connectivity index (χ3v) is 18.0. The van der Waals surface area contributed by atoms with Crippen molar-refractivity contribution in [2.75, 3.05) is 6.61 Å². The van der Waals surface area contributed by atoms with E-state index >= 15 is 0 Å². The third-order valence-electron chi connectivity index (χ3n) is 17.0. The molecule has 17 heteroatoms. The molecule has 0 aromatic rings. The summed E-state index contributed by atoms with van der Waals surface area (Å²) in [5.41, 5.74) is 18.6. The maximum absolute atomic E-state index is 10.7. The van der Waals surface area contributed by atoms with E-state index in [1.54, 1.807) is 0 Å². The van der Waals surface area contributed by atoms with Crippen molar-refractivity contribution in [3.05, 3.63) is 55.8 Å². The van der Waals surface area contributed by atoms with Gasteiger partial charge in [-0.3, -0.25) is 0 Å². The zero-order chi connectivity index (χ0) is 40.1. The van der Waals surface area contributed by atoms with Gasteiger partial charge >= 0.3 is 24.8 Å². The number of hydrogen-bond acceptors (Lipinski definition) is 11. The molecule has 4 spiro atoms. The summed E-state index contributed by atoms with van der Waals surface area (Å²) in [6.45, 7) is 4.42. The van der Waals surface area contributed by atoms with E-state index in [1.165, 1.54) is 5.57 Å². The normalized spacial score (nSPS) is 52.4. The molecule has 1 radical (unpaired) electrons. The molecule has 10 rings (SSSR count). The number of thiol groups is 1. The van der Waals surface area contributed by atoms with Gasteiger partial charge in [-0.05, 0) is 146 Å². The summed E-state index contributed by atoms with van der Waals surface area (Å²) in [7, 11) is 4.34. The van der Waals surface area contributed by atoms with Crippen molar-refractivity contribution < 1.29 is 35.0 Å². The number of alkyl halides is 1. The molecule has 0 aromatic heterocycles. The summed E-state index contributed by atoms with van der Waals surface area (Å²) in [4.78, 5) is 5.49. The van der Waals surface area contributed by atoms with E-state index in [2.05, 4.69) is 86.7 Å². The summed E-state index contributed by atoms with van der Waals surface area (Å²) in [6.07, 6.45) is 15.7. The number of nitrogens with zero attached hydrogens (tertiary/aromatic N) is 7. The van der Waals surface area contributed by atoms with Gasteiger partial charge in [0.1, 0.15) is 0 Å². The predicted molar refractivity (Wildman–Crippen MR) is 214 cm³/mol. The van der Waals surface area contributed by atoms with E-state index in [1.807, 2.05) is 6.08 Å². The number of halogens is 1. The molecule has 4 aliphatic heterocycles. The zero-order valence-corrected chi connectivity index (χ0v) is 34.6. The quantitative estimate of drug-likeness (QED) is 0.0360. The molecule has 7 fully saturated rings. The molecular weight excluding hydrogens is 801 g/mol. The van der Waals surface area contributed by atoms with Crippen LogP contribution in [-0.4, -0.2) is 104 Å². The van der Waals surface area contributed by atoms with Gasteiger partial charge in [-0.1, -0.05) is 52.2 Å². The minimum atomic E-state index is -0.817. The Balaban J connectivity index is 0.000000148. The molecule has 5 N–H and O–H groups in total. The SMILES string of the molecule is C[C@]12CCC3=CC4=C[C@H](O)[C@@H](N=[N+]=[N-])C[C@]45CC[C@]3(O5)[C@@H]1CC[C@@H]2O.C[C@]12CC[C@]3(CO)C=C4[C@H](Br)[C@H](O)[C@@H](N=[N+]=[N-])C[C@]45CC[C@]3(O5)[C@@H]1CC[C@@H]2O.[B]=NS. The second-order valence-electron chi connectivity index (χ2n) is 18.9. The van der Waals surface area contributed by atoms with Crippen LogP contribution in [0.25, 0.3) is 20.9 Å². The zero-order valence-electron chi connectivity index (χ0n) is 32.1. The topological polar surface area (TPSA) is 229 Å². The molecule has 2 saturated heterocycles. The van der Waals surface area contributed by atoms with Crippen LogP contribution < -0.4 is 0 Å². The van der Waals surface area contributed by atoms with Crippen LogP contribution in [0.4, 0.5) is 0 Å². The maximum atomic E-state index is 10.7. The fourth-order valence-electron chi connectivity index (χ4n) is 14.1. The van der Waals surface area contributed by atoms with Crippen LogP contribution in [0.1, 0.15) is 104 Å².